The topological polar surface area (TPSA) is 77.4 Å². The van der Waals surface area contributed by atoms with Crippen molar-refractivity contribution < 1.29 is 60.8 Å². The van der Waals surface area contributed by atoms with Gasteiger partial charge in [-0.25, -0.2) is 8.42 Å². The molecule has 0 spiro atoms. The van der Waals surface area contributed by atoms with Gasteiger partial charge >= 0.3 is 35.1 Å². The average Bonchev–Trinajstić information content (AvgIpc) is 2.14. The molecule has 1 atom stereocenters. The Bertz CT molecular complexity index is 486. The molecule has 10 heteroatoms. The molecule has 0 bridgehead atoms. The molecule has 1 aromatic carbocycles. The van der Waals surface area contributed by atoms with Gasteiger partial charge in [0.05, 0.1) is 0 Å². The van der Waals surface area contributed by atoms with E-state index in [0.717, 1.165) is 24.3 Å². The van der Waals surface area contributed by atoms with Crippen LogP contribution in [0.1, 0.15) is 11.0 Å². The minimum atomic E-state index is -4.93. The molecule has 0 heterocycles. The Morgan fingerprint density at radius 3 is 2.00 bits per heavy atom. The normalized spacial score (nSPS) is 13.8. The third kappa shape index (κ3) is 5.91. The number of halogens is 3. The zero-order chi connectivity index (χ0) is 13.3. The van der Waals surface area contributed by atoms with E-state index in [1.165, 1.54) is 0 Å². The SMILES string of the molecule is O=S(=O)([O-])C(O)c1ccc(SC(F)(F)F)cc1.[Na+]. The van der Waals surface area contributed by atoms with Gasteiger partial charge in [0.1, 0.15) is 10.1 Å². The molecule has 0 fully saturated rings. The predicted octanol–water partition coefficient (Wildman–Crippen LogP) is -1.16. The summed E-state index contributed by atoms with van der Waals surface area (Å²) in [5.41, 5.74) is -7.00. The van der Waals surface area contributed by atoms with Gasteiger partial charge in [-0.15, -0.1) is 0 Å². The van der Waals surface area contributed by atoms with E-state index < -0.39 is 21.1 Å². The zero-order valence-corrected chi connectivity index (χ0v) is 12.6. The quantitative estimate of drug-likeness (QED) is 0.433. The molecule has 96 valence electrons. The second kappa shape index (κ2) is 6.60. The number of benzene rings is 1. The molecule has 0 radical (unpaired) electrons. The maximum atomic E-state index is 12.0. The van der Waals surface area contributed by atoms with Crippen LogP contribution in [0.15, 0.2) is 29.2 Å². The molecule has 0 aliphatic carbocycles. The van der Waals surface area contributed by atoms with Crippen molar-refractivity contribution in [2.75, 3.05) is 0 Å². The predicted molar refractivity (Wildman–Crippen MR) is 53.0 cm³/mol. The molecule has 0 amide bonds. The van der Waals surface area contributed by atoms with Crippen molar-refractivity contribution in [3.8, 4) is 0 Å². The summed E-state index contributed by atoms with van der Waals surface area (Å²) in [6.07, 6.45) is 0. The number of hydrogen-bond acceptors (Lipinski definition) is 5. The molecule has 0 aliphatic rings. The summed E-state index contributed by atoms with van der Waals surface area (Å²) in [7, 11) is -4.93. The fraction of sp³-hybridized carbons (Fsp3) is 0.250. The number of alkyl halides is 3. The van der Waals surface area contributed by atoms with Gasteiger partial charge in [0.2, 0.25) is 0 Å². The first-order valence-corrected chi connectivity index (χ1v) is 6.37. The molecule has 0 saturated heterocycles. The molecule has 1 aromatic rings. The van der Waals surface area contributed by atoms with Gasteiger partial charge < -0.3 is 9.66 Å². The largest absolute Gasteiger partial charge is 1.00 e. The number of rotatable bonds is 3. The number of aliphatic hydroxyl groups is 1. The van der Waals surface area contributed by atoms with Crippen LogP contribution in [-0.2, 0) is 10.1 Å². The molecule has 0 saturated carbocycles. The van der Waals surface area contributed by atoms with Crippen LogP contribution in [0.3, 0.4) is 0 Å². The second-order valence-electron chi connectivity index (χ2n) is 2.96. The molecule has 4 nitrogen and oxygen atoms in total. The van der Waals surface area contributed by atoms with E-state index in [4.69, 9.17) is 5.11 Å². The maximum Gasteiger partial charge on any atom is 1.00 e. The monoisotopic (exact) mass is 310 g/mol. The van der Waals surface area contributed by atoms with E-state index in [-0.39, 0.29) is 51.8 Å². The Morgan fingerprint density at radius 2 is 1.67 bits per heavy atom. The molecule has 1 rings (SSSR count). The van der Waals surface area contributed by atoms with Crippen LogP contribution in [0.25, 0.3) is 0 Å². The summed E-state index contributed by atoms with van der Waals surface area (Å²) in [5, 5.41) is 9.05. The Kier molecular flexibility index (Phi) is 6.68. The first-order chi connectivity index (χ1) is 7.59. The van der Waals surface area contributed by atoms with Gasteiger partial charge in [0, 0.05) is 4.90 Å². The van der Waals surface area contributed by atoms with Crippen molar-refractivity contribution in [1.82, 2.24) is 0 Å². The molecule has 0 aliphatic heterocycles. The average molecular weight is 310 g/mol. The van der Waals surface area contributed by atoms with E-state index in [1.807, 2.05) is 0 Å². The van der Waals surface area contributed by atoms with Crippen LogP contribution in [0, 0.1) is 0 Å². The van der Waals surface area contributed by atoms with Crippen LogP contribution < -0.4 is 29.6 Å². The Labute approximate surface area is 128 Å². The number of aliphatic hydroxyl groups excluding tert-OH is 1. The Hall–Kier alpha value is 0.230. The van der Waals surface area contributed by atoms with Gasteiger partial charge in [-0.2, -0.15) is 13.2 Å². The Morgan fingerprint density at radius 1 is 1.22 bits per heavy atom. The van der Waals surface area contributed by atoms with E-state index in [2.05, 4.69) is 0 Å². The van der Waals surface area contributed by atoms with E-state index in [9.17, 15) is 26.1 Å². The van der Waals surface area contributed by atoms with Crippen LogP contribution in [0.4, 0.5) is 13.2 Å². The molecular weight excluding hydrogens is 304 g/mol. The summed E-state index contributed by atoms with van der Waals surface area (Å²) in [6.45, 7) is 0. The molecule has 1 N–H and O–H groups in total. The third-order valence-electron chi connectivity index (χ3n) is 1.67. The number of hydrogen-bond donors (Lipinski definition) is 1. The third-order valence-corrected chi connectivity index (χ3v) is 3.23. The van der Waals surface area contributed by atoms with Crippen LogP contribution in [-0.4, -0.2) is 23.6 Å². The zero-order valence-electron chi connectivity index (χ0n) is 9.01. The minimum Gasteiger partial charge on any atom is -0.746 e. The maximum absolute atomic E-state index is 12.0. The van der Waals surface area contributed by atoms with Crippen molar-refractivity contribution >= 4 is 21.9 Å². The summed E-state index contributed by atoms with van der Waals surface area (Å²) < 4.78 is 67.2. The minimum absolute atomic E-state index is 0. The van der Waals surface area contributed by atoms with Crippen LogP contribution >= 0.6 is 11.8 Å². The van der Waals surface area contributed by atoms with Crippen molar-refractivity contribution in [1.29, 1.82) is 0 Å². The van der Waals surface area contributed by atoms with Gasteiger partial charge in [-0.1, -0.05) is 12.1 Å². The summed E-state index contributed by atoms with van der Waals surface area (Å²) in [6, 6.07) is 3.85. The molecule has 0 aromatic heterocycles. The van der Waals surface area contributed by atoms with E-state index in [1.54, 1.807) is 0 Å². The summed E-state index contributed by atoms with van der Waals surface area (Å²) in [4.78, 5) is -0.170. The van der Waals surface area contributed by atoms with Gasteiger partial charge in [0.15, 0.2) is 5.44 Å². The van der Waals surface area contributed by atoms with Crippen LogP contribution in [0.2, 0.25) is 0 Å². The first-order valence-electron chi connectivity index (χ1n) is 4.08. The molecular formula is C8H6F3NaO4S2. The number of thioether (sulfide) groups is 1. The fourth-order valence-corrected chi connectivity index (χ4v) is 2.03. The van der Waals surface area contributed by atoms with Gasteiger partial charge in [0.25, 0.3) is 0 Å². The van der Waals surface area contributed by atoms with E-state index >= 15 is 0 Å². The van der Waals surface area contributed by atoms with Crippen molar-refractivity contribution in [3.63, 3.8) is 0 Å². The van der Waals surface area contributed by atoms with Crippen molar-refractivity contribution in [3.05, 3.63) is 29.8 Å². The summed E-state index contributed by atoms with van der Waals surface area (Å²) >= 11 is -0.381. The van der Waals surface area contributed by atoms with Crippen LogP contribution in [0.5, 0.6) is 0 Å². The first kappa shape index (κ1) is 18.2. The smallest absolute Gasteiger partial charge is 0.746 e. The molecule has 18 heavy (non-hydrogen) atoms. The van der Waals surface area contributed by atoms with E-state index in [0.29, 0.717) is 0 Å². The van der Waals surface area contributed by atoms with Gasteiger partial charge in [-0.05, 0) is 29.5 Å². The van der Waals surface area contributed by atoms with Crippen molar-refractivity contribution in [2.24, 2.45) is 0 Å². The standard InChI is InChI=1S/C8H7F3O4S2.Na/c9-8(10,11)16-6-3-1-5(2-4-6)7(12)17(13,14)15;/h1-4,7,12H,(H,13,14,15);/q;+1/p-1. The van der Waals surface area contributed by atoms with Gasteiger partial charge in [-0.3, -0.25) is 0 Å². The Balaban J connectivity index is 0.00000289. The fourth-order valence-electron chi connectivity index (χ4n) is 1.00. The molecule has 1 unspecified atom stereocenters. The summed E-state index contributed by atoms with van der Waals surface area (Å²) in [5.74, 6) is 0. The second-order valence-corrected chi connectivity index (χ2v) is 5.53. The van der Waals surface area contributed by atoms with Crippen molar-refractivity contribution in [2.45, 2.75) is 15.8 Å².